The van der Waals surface area contributed by atoms with Crippen molar-refractivity contribution in [2.75, 3.05) is 0 Å². The summed E-state index contributed by atoms with van der Waals surface area (Å²) in [6.45, 7) is 0. The Hall–Kier alpha value is 0.0800. The zero-order valence-electron chi connectivity index (χ0n) is 4.14. The predicted molar refractivity (Wildman–Crippen MR) is 38.0 cm³/mol. The molecule has 0 amide bonds. The van der Waals surface area contributed by atoms with Crippen molar-refractivity contribution in [3.05, 3.63) is 11.4 Å². The first-order valence-corrected chi connectivity index (χ1v) is 3.20. The van der Waals surface area contributed by atoms with Crippen LogP contribution in [0.25, 0.3) is 0 Å². The van der Waals surface area contributed by atoms with E-state index in [1.807, 2.05) is 0 Å². The second-order valence-electron chi connectivity index (χ2n) is 1.38. The van der Waals surface area contributed by atoms with Crippen LogP contribution in [-0.4, -0.2) is 10.7 Å². The third-order valence-corrected chi connectivity index (χ3v) is 1.21. The van der Waals surface area contributed by atoms with E-state index < -0.39 is 4.52 Å². The summed E-state index contributed by atoms with van der Waals surface area (Å²) >= 11 is 16.2. The van der Waals surface area contributed by atoms with E-state index in [0.29, 0.717) is 0 Å². The normalized spacial score (nSPS) is 22.8. The second kappa shape index (κ2) is 2.37. The highest BCUT2D eigenvalue weighted by Crippen LogP contribution is 2.25. The molecule has 0 aromatic rings. The fraction of sp³-hybridized carbons (Fsp3) is 0.250. The summed E-state index contributed by atoms with van der Waals surface area (Å²) in [4.78, 5) is 3.60. The molecule has 1 aliphatic heterocycles. The highest BCUT2D eigenvalue weighted by Gasteiger charge is 2.24. The molecule has 0 unspecified atom stereocenters. The van der Waals surface area contributed by atoms with Crippen LogP contribution in [0.1, 0.15) is 0 Å². The Bertz CT molecular complexity index is 175. The highest BCUT2D eigenvalue weighted by molar-refractivity contribution is 6.55. The van der Waals surface area contributed by atoms with Crippen molar-refractivity contribution >= 4 is 41.0 Å². The van der Waals surface area contributed by atoms with Crippen molar-refractivity contribution in [1.82, 2.24) is 0 Å². The lowest BCUT2D eigenvalue weighted by Gasteiger charge is -2.15. The fourth-order valence-electron chi connectivity index (χ4n) is 0.325. The van der Waals surface area contributed by atoms with Gasteiger partial charge in [-0.15, -0.1) is 0 Å². The van der Waals surface area contributed by atoms with Gasteiger partial charge in [-0.05, 0) is 0 Å². The predicted octanol–water partition coefficient (Wildman–Crippen LogP) is 2.26. The number of alkyl halides is 2. The second-order valence-corrected chi connectivity index (χ2v) is 3.08. The minimum atomic E-state index is -1.35. The number of nitrogens with zero attached hydrogens (tertiary/aromatic N) is 1. The Morgan fingerprint density at radius 2 is 2.22 bits per heavy atom. The molecule has 0 aromatic heterocycles. The molecule has 5 heteroatoms. The van der Waals surface area contributed by atoms with E-state index in [9.17, 15) is 0 Å². The van der Waals surface area contributed by atoms with E-state index in [0.717, 1.165) is 0 Å². The van der Waals surface area contributed by atoms with Gasteiger partial charge in [0.1, 0.15) is 6.26 Å². The number of rotatable bonds is 0. The Morgan fingerprint density at radius 1 is 1.56 bits per heavy atom. The van der Waals surface area contributed by atoms with Crippen LogP contribution in [0.15, 0.2) is 16.4 Å². The van der Waals surface area contributed by atoms with Crippen LogP contribution >= 0.6 is 34.8 Å². The van der Waals surface area contributed by atoms with Gasteiger partial charge in [-0.1, -0.05) is 34.8 Å². The van der Waals surface area contributed by atoms with E-state index in [1.54, 1.807) is 0 Å². The summed E-state index contributed by atoms with van der Waals surface area (Å²) < 4.78 is 3.32. The van der Waals surface area contributed by atoms with E-state index in [-0.39, 0.29) is 5.16 Å². The first kappa shape index (κ1) is 7.19. The fourth-order valence-corrected chi connectivity index (χ4v) is 0.605. The molecule has 0 saturated carbocycles. The average molecular weight is 186 g/mol. The summed E-state index contributed by atoms with van der Waals surface area (Å²) in [6, 6.07) is 0. The molecule has 0 fully saturated rings. The third-order valence-electron chi connectivity index (χ3n) is 0.651. The molecule has 1 heterocycles. The maximum Gasteiger partial charge on any atom is 0.294 e. The number of halogens is 3. The largest absolute Gasteiger partial charge is 0.458 e. The number of aliphatic imine (C=N–C) groups is 1. The van der Waals surface area contributed by atoms with Gasteiger partial charge in [-0.3, -0.25) is 0 Å². The molecule has 0 bridgehead atoms. The minimum absolute atomic E-state index is 0.229. The molecular weight excluding hydrogens is 184 g/mol. The van der Waals surface area contributed by atoms with Crippen LogP contribution in [0, 0.1) is 0 Å². The summed E-state index contributed by atoms with van der Waals surface area (Å²) in [5.74, 6) is 0. The van der Waals surface area contributed by atoms with Crippen molar-refractivity contribution in [3.8, 4) is 0 Å². The molecule has 9 heavy (non-hydrogen) atoms. The Morgan fingerprint density at radius 3 is 2.56 bits per heavy atom. The Balaban J connectivity index is 2.70. The van der Waals surface area contributed by atoms with Crippen LogP contribution in [0.3, 0.4) is 0 Å². The van der Waals surface area contributed by atoms with Gasteiger partial charge < -0.3 is 4.74 Å². The monoisotopic (exact) mass is 185 g/mol. The summed E-state index contributed by atoms with van der Waals surface area (Å²) in [5, 5.41) is 0.229. The molecule has 2 nitrogen and oxygen atoms in total. The molecule has 50 valence electrons. The molecule has 0 spiro atoms. The van der Waals surface area contributed by atoms with E-state index in [2.05, 4.69) is 9.73 Å². The van der Waals surface area contributed by atoms with Gasteiger partial charge in [0.15, 0.2) is 5.16 Å². The maximum absolute atomic E-state index is 5.43. The average Bonchev–Trinajstić information content (AvgIpc) is 1.78. The molecule has 1 aliphatic rings. The number of hydrogen-bond donors (Lipinski definition) is 0. The first-order chi connectivity index (χ1) is 4.10. The lowest BCUT2D eigenvalue weighted by molar-refractivity contribution is 0.234. The van der Waals surface area contributed by atoms with Crippen molar-refractivity contribution in [2.45, 2.75) is 4.52 Å². The molecule has 0 saturated heterocycles. The van der Waals surface area contributed by atoms with E-state index in [4.69, 9.17) is 34.8 Å². The van der Waals surface area contributed by atoms with Gasteiger partial charge in [0.25, 0.3) is 4.52 Å². The smallest absolute Gasteiger partial charge is 0.294 e. The van der Waals surface area contributed by atoms with Crippen LogP contribution < -0.4 is 0 Å². The first-order valence-electron chi connectivity index (χ1n) is 2.07. The number of ether oxygens (including phenoxy) is 1. The molecule has 1 rings (SSSR count). The SMILES string of the molecule is ClC1=COC(Cl)(Cl)C=N1. The Labute approximate surface area is 67.1 Å². The molecule has 0 aromatic carbocycles. The van der Waals surface area contributed by atoms with E-state index >= 15 is 0 Å². The lowest BCUT2D eigenvalue weighted by atomic mass is 10.7. The summed E-state index contributed by atoms with van der Waals surface area (Å²) in [5.41, 5.74) is 0. The van der Waals surface area contributed by atoms with Gasteiger partial charge in [0, 0.05) is 0 Å². The number of hydrogen-bond acceptors (Lipinski definition) is 2. The molecule has 0 N–H and O–H groups in total. The summed E-state index contributed by atoms with van der Waals surface area (Å²) in [7, 11) is 0. The van der Waals surface area contributed by atoms with Crippen LogP contribution in [0.2, 0.25) is 0 Å². The van der Waals surface area contributed by atoms with Crippen molar-refractivity contribution < 1.29 is 4.74 Å². The maximum atomic E-state index is 5.43. The van der Waals surface area contributed by atoms with Crippen LogP contribution in [0.5, 0.6) is 0 Å². The van der Waals surface area contributed by atoms with Gasteiger partial charge in [-0.2, -0.15) is 0 Å². The molecule has 0 aliphatic carbocycles. The minimum Gasteiger partial charge on any atom is -0.458 e. The van der Waals surface area contributed by atoms with Crippen LogP contribution in [0.4, 0.5) is 0 Å². The van der Waals surface area contributed by atoms with Gasteiger partial charge in [-0.25, -0.2) is 4.99 Å². The molecule has 0 atom stereocenters. The molecule has 0 radical (unpaired) electrons. The zero-order valence-corrected chi connectivity index (χ0v) is 6.41. The van der Waals surface area contributed by atoms with Gasteiger partial charge in [0.05, 0.1) is 6.21 Å². The quantitative estimate of drug-likeness (QED) is 0.420. The Kier molecular flexibility index (Phi) is 1.89. The van der Waals surface area contributed by atoms with Crippen LogP contribution in [-0.2, 0) is 4.74 Å². The lowest BCUT2D eigenvalue weighted by Crippen LogP contribution is -2.18. The highest BCUT2D eigenvalue weighted by atomic mass is 35.5. The standard InChI is InChI=1S/C4H2Cl3NO/c5-3-1-9-4(6,7)2-8-3/h1-2H. The van der Waals surface area contributed by atoms with Crippen molar-refractivity contribution in [1.29, 1.82) is 0 Å². The van der Waals surface area contributed by atoms with E-state index in [1.165, 1.54) is 12.5 Å². The third kappa shape index (κ3) is 2.05. The van der Waals surface area contributed by atoms with Gasteiger partial charge >= 0.3 is 0 Å². The molecular formula is C4H2Cl3NO. The topological polar surface area (TPSA) is 21.6 Å². The van der Waals surface area contributed by atoms with Gasteiger partial charge in [0.2, 0.25) is 0 Å². The van der Waals surface area contributed by atoms with Crippen molar-refractivity contribution in [3.63, 3.8) is 0 Å². The zero-order chi connectivity index (χ0) is 6.91. The van der Waals surface area contributed by atoms with Crippen molar-refractivity contribution in [2.24, 2.45) is 4.99 Å². The summed E-state index contributed by atoms with van der Waals surface area (Å²) in [6.07, 6.45) is 2.39.